The van der Waals surface area contributed by atoms with Gasteiger partial charge in [-0.15, -0.1) is 0 Å². The van der Waals surface area contributed by atoms with Crippen molar-refractivity contribution in [3.63, 3.8) is 0 Å². The summed E-state index contributed by atoms with van der Waals surface area (Å²) in [5, 5.41) is 3.38. The number of nitrogens with zero attached hydrogens (tertiary/aromatic N) is 1. The molecule has 100 valence electrons. The van der Waals surface area contributed by atoms with Crippen LogP contribution in [0.2, 0.25) is 0 Å². The molecule has 0 aromatic heterocycles. The lowest BCUT2D eigenvalue weighted by molar-refractivity contribution is 0.170. The van der Waals surface area contributed by atoms with Crippen LogP contribution in [0.4, 0.5) is 0 Å². The molecule has 2 unspecified atom stereocenters. The third kappa shape index (κ3) is 3.79. The number of halogens is 1. The van der Waals surface area contributed by atoms with Crippen LogP contribution < -0.4 is 11.1 Å². The molecule has 2 rings (SSSR count). The predicted molar refractivity (Wildman–Crippen MR) is 79.6 cm³/mol. The van der Waals surface area contributed by atoms with Crippen molar-refractivity contribution in [1.82, 2.24) is 10.2 Å². The average Bonchev–Trinajstić information content (AvgIpc) is 2.40. The Kier molecular flexibility index (Phi) is 5.18. The van der Waals surface area contributed by atoms with E-state index in [-0.39, 0.29) is 6.04 Å². The summed E-state index contributed by atoms with van der Waals surface area (Å²) >= 11 is 3.45. The number of hydrogen-bond acceptors (Lipinski definition) is 3. The minimum Gasteiger partial charge on any atom is -0.324 e. The zero-order valence-electron chi connectivity index (χ0n) is 10.9. The summed E-state index contributed by atoms with van der Waals surface area (Å²) in [6, 6.07) is 9.02. The molecule has 1 heterocycles. The number of hydrogen-bond donors (Lipinski definition) is 2. The summed E-state index contributed by atoms with van der Waals surface area (Å²) in [5.74, 6) is 0. The van der Waals surface area contributed by atoms with Gasteiger partial charge in [-0.05, 0) is 31.0 Å². The quantitative estimate of drug-likeness (QED) is 0.895. The maximum atomic E-state index is 6.30. The molecule has 2 atom stereocenters. The standard InChI is InChI=1S/C14H22BrN3/c1-11(18-8-6-17-7-9-18)10-14(16)12-2-4-13(15)5-3-12/h2-5,11,14,17H,6-10,16H2,1H3. The van der Waals surface area contributed by atoms with E-state index < -0.39 is 0 Å². The normalized spacial score (nSPS) is 20.6. The molecule has 1 fully saturated rings. The van der Waals surface area contributed by atoms with Crippen molar-refractivity contribution >= 4 is 15.9 Å². The lowest BCUT2D eigenvalue weighted by atomic mass is 10.00. The largest absolute Gasteiger partial charge is 0.324 e. The molecule has 1 aliphatic rings. The van der Waals surface area contributed by atoms with Gasteiger partial charge in [0.25, 0.3) is 0 Å². The van der Waals surface area contributed by atoms with Crippen LogP contribution in [0.25, 0.3) is 0 Å². The molecule has 1 aliphatic heterocycles. The number of piperazine rings is 1. The maximum Gasteiger partial charge on any atom is 0.0309 e. The maximum absolute atomic E-state index is 6.30. The number of benzene rings is 1. The van der Waals surface area contributed by atoms with E-state index >= 15 is 0 Å². The van der Waals surface area contributed by atoms with Crippen LogP contribution in [-0.4, -0.2) is 37.1 Å². The van der Waals surface area contributed by atoms with Crippen LogP contribution in [0.5, 0.6) is 0 Å². The molecular weight excluding hydrogens is 290 g/mol. The van der Waals surface area contributed by atoms with Gasteiger partial charge in [-0.2, -0.15) is 0 Å². The Labute approximate surface area is 118 Å². The van der Waals surface area contributed by atoms with E-state index in [0.717, 1.165) is 37.1 Å². The van der Waals surface area contributed by atoms with Crippen molar-refractivity contribution < 1.29 is 0 Å². The van der Waals surface area contributed by atoms with Gasteiger partial charge in [0, 0.05) is 42.7 Å². The molecule has 18 heavy (non-hydrogen) atoms. The summed E-state index contributed by atoms with van der Waals surface area (Å²) in [4.78, 5) is 2.52. The van der Waals surface area contributed by atoms with Gasteiger partial charge in [0.15, 0.2) is 0 Å². The highest BCUT2D eigenvalue weighted by atomic mass is 79.9. The summed E-state index contributed by atoms with van der Waals surface area (Å²) in [6.07, 6.45) is 1.02. The highest BCUT2D eigenvalue weighted by Gasteiger charge is 2.19. The molecule has 3 nitrogen and oxygen atoms in total. The van der Waals surface area contributed by atoms with Crippen molar-refractivity contribution in [3.05, 3.63) is 34.3 Å². The number of rotatable bonds is 4. The van der Waals surface area contributed by atoms with Crippen molar-refractivity contribution in [2.45, 2.75) is 25.4 Å². The second-order valence-corrected chi connectivity index (χ2v) is 5.94. The van der Waals surface area contributed by atoms with Crippen molar-refractivity contribution in [2.24, 2.45) is 5.73 Å². The van der Waals surface area contributed by atoms with E-state index in [2.05, 4.69) is 57.3 Å². The fourth-order valence-corrected chi connectivity index (χ4v) is 2.75. The molecule has 0 saturated carbocycles. The van der Waals surface area contributed by atoms with Gasteiger partial charge < -0.3 is 11.1 Å². The lowest BCUT2D eigenvalue weighted by Gasteiger charge is -2.34. The van der Waals surface area contributed by atoms with Gasteiger partial charge in [-0.25, -0.2) is 0 Å². The first-order valence-electron chi connectivity index (χ1n) is 6.62. The molecular formula is C14H22BrN3. The molecule has 1 aromatic rings. The molecule has 0 aliphatic carbocycles. The van der Waals surface area contributed by atoms with Crippen LogP contribution in [0.1, 0.15) is 24.9 Å². The predicted octanol–water partition coefficient (Wildman–Crippen LogP) is 2.13. The zero-order chi connectivity index (χ0) is 13.0. The Hall–Kier alpha value is -0.420. The number of nitrogens with two attached hydrogens (primary N) is 1. The van der Waals surface area contributed by atoms with E-state index in [0.29, 0.717) is 6.04 Å². The van der Waals surface area contributed by atoms with E-state index in [4.69, 9.17) is 5.73 Å². The van der Waals surface area contributed by atoms with Crippen molar-refractivity contribution in [3.8, 4) is 0 Å². The van der Waals surface area contributed by atoms with Crippen molar-refractivity contribution in [1.29, 1.82) is 0 Å². The van der Waals surface area contributed by atoms with Gasteiger partial charge in [-0.1, -0.05) is 28.1 Å². The topological polar surface area (TPSA) is 41.3 Å². The Morgan fingerprint density at radius 2 is 1.89 bits per heavy atom. The molecule has 3 N–H and O–H groups in total. The highest BCUT2D eigenvalue weighted by Crippen LogP contribution is 2.20. The van der Waals surface area contributed by atoms with E-state index in [1.807, 2.05) is 0 Å². The van der Waals surface area contributed by atoms with E-state index in [1.54, 1.807) is 0 Å². The molecule has 4 heteroatoms. The van der Waals surface area contributed by atoms with Gasteiger partial charge >= 0.3 is 0 Å². The van der Waals surface area contributed by atoms with Crippen LogP contribution in [0.15, 0.2) is 28.7 Å². The Balaban J connectivity index is 1.89. The first kappa shape index (κ1) is 14.0. The summed E-state index contributed by atoms with van der Waals surface area (Å²) < 4.78 is 1.11. The zero-order valence-corrected chi connectivity index (χ0v) is 12.5. The van der Waals surface area contributed by atoms with Crippen molar-refractivity contribution in [2.75, 3.05) is 26.2 Å². The van der Waals surface area contributed by atoms with Gasteiger partial charge in [0.1, 0.15) is 0 Å². The highest BCUT2D eigenvalue weighted by molar-refractivity contribution is 9.10. The monoisotopic (exact) mass is 311 g/mol. The second kappa shape index (κ2) is 6.66. The van der Waals surface area contributed by atoms with E-state index in [1.165, 1.54) is 5.56 Å². The molecule has 0 radical (unpaired) electrons. The van der Waals surface area contributed by atoms with Gasteiger partial charge in [-0.3, -0.25) is 4.90 Å². The fraction of sp³-hybridized carbons (Fsp3) is 0.571. The molecule has 0 amide bonds. The van der Waals surface area contributed by atoms with Crippen LogP contribution >= 0.6 is 15.9 Å². The Bertz CT molecular complexity index is 360. The minimum absolute atomic E-state index is 0.128. The van der Waals surface area contributed by atoms with Crippen LogP contribution in [0.3, 0.4) is 0 Å². The number of nitrogens with one attached hydrogen (secondary N) is 1. The first-order valence-corrected chi connectivity index (χ1v) is 7.42. The minimum atomic E-state index is 0.128. The van der Waals surface area contributed by atoms with Crippen LogP contribution in [-0.2, 0) is 0 Å². The van der Waals surface area contributed by atoms with Crippen LogP contribution in [0, 0.1) is 0 Å². The lowest BCUT2D eigenvalue weighted by Crippen LogP contribution is -2.48. The molecule has 0 spiro atoms. The summed E-state index contributed by atoms with van der Waals surface area (Å²) in [7, 11) is 0. The fourth-order valence-electron chi connectivity index (χ4n) is 2.49. The SMILES string of the molecule is CC(CC(N)c1ccc(Br)cc1)N1CCNCC1. The third-order valence-electron chi connectivity index (χ3n) is 3.67. The second-order valence-electron chi connectivity index (χ2n) is 5.03. The molecule has 1 aromatic carbocycles. The molecule has 1 saturated heterocycles. The first-order chi connectivity index (χ1) is 8.66. The smallest absolute Gasteiger partial charge is 0.0309 e. The Morgan fingerprint density at radius 1 is 1.28 bits per heavy atom. The van der Waals surface area contributed by atoms with E-state index in [9.17, 15) is 0 Å². The van der Waals surface area contributed by atoms with Gasteiger partial charge in [0.05, 0.1) is 0 Å². The Morgan fingerprint density at radius 3 is 2.50 bits per heavy atom. The molecule has 0 bridgehead atoms. The summed E-state index contributed by atoms with van der Waals surface area (Å²) in [6.45, 7) is 6.74. The van der Waals surface area contributed by atoms with Gasteiger partial charge in [0.2, 0.25) is 0 Å². The summed E-state index contributed by atoms with van der Waals surface area (Å²) in [5.41, 5.74) is 7.52. The third-order valence-corrected chi connectivity index (χ3v) is 4.20. The average molecular weight is 312 g/mol.